The van der Waals surface area contributed by atoms with Crippen LogP contribution in [0, 0.1) is 23.0 Å². The number of fused-ring (bicyclic) bond motifs is 4. The minimum atomic E-state index is -0.294. The third-order valence-electron chi connectivity index (χ3n) is 6.02. The quantitative estimate of drug-likeness (QED) is 0.354. The summed E-state index contributed by atoms with van der Waals surface area (Å²) in [6.07, 6.45) is 5.43. The molecule has 0 spiro atoms. The fourth-order valence-electron chi connectivity index (χ4n) is 4.80. The van der Waals surface area contributed by atoms with Crippen LogP contribution in [-0.2, 0) is 0 Å². The Morgan fingerprint density at radius 3 is 2.74 bits per heavy atom. The molecule has 0 saturated heterocycles. The highest BCUT2D eigenvalue weighted by Crippen LogP contribution is 2.52. The minimum absolute atomic E-state index is 0.177. The van der Waals surface area contributed by atoms with Crippen LogP contribution >= 0.6 is 0 Å². The van der Waals surface area contributed by atoms with Crippen molar-refractivity contribution >= 4 is 22.1 Å². The number of hydrogen-bond donors (Lipinski definition) is 1. The smallest absolute Gasteiger partial charge is 0.270 e. The topological polar surface area (TPSA) is 55.2 Å². The zero-order chi connectivity index (χ0) is 18.5. The van der Waals surface area contributed by atoms with Crippen LogP contribution in [0.1, 0.15) is 35.1 Å². The van der Waals surface area contributed by atoms with Crippen molar-refractivity contribution in [3.63, 3.8) is 0 Å². The van der Waals surface area contributed by atoms with Crippen LogP contribution < -0.4 is 5.32 Å². The first-order valence-corrected chi connectivity index (χ1v) is 9.33. The van der Waals surface area contributed by atoms with Crippen molar-refractivity contribution in [2.75, 3.05) is 5.32 Å². The molecule has 3 atom stereocenters. The van der Waals surface area contributed by atoms with Gasteiger partial charge < -0.3 is 5.32 Å². The molecule has 4 heteroatoms. The maximum Gasteiger partial charge on any atom is 0.270 e. The van der Waals surface area contributed by atoms with E-state index in [2.05, 4.69) is 59.9 Å². The zero-order valence-corrected chi connectivity index (χ0v) is 15.1. The molecule has 0 saturated carbocycles. The van der Waals surface area contributed by atoms with E-state index >= 15 is 0 Å². The molecule has 1 heterocycles. The SMILES string of the molecule is Cc1cc([N+](=O)[O-])cc2c1N[C@H](c1cccc3ccccc13)[C@H]1CC=C[C@H]21. The van der Waals surface area contributed by atoms with Gasteiger partial charge in [0, 0.05) is 23.7 Å². The molecule has 0 unspecified atom stereocenters. The molecule has 0 bridgehead atoms. The number of nitro benzene ring substituents is 1. The molecule has 5 rings (SSSR count). The predicted molar refractivity (Wildman–Crippen MR) is 108 cm³/mol. The second-order valence-electron chi connectivity index (χ2n) is 7.53. The van der Waals surface area contributed by atoms with Crippen LogP contribution in [0.5, 0.6) is 0 Å². The van der Waals surface area contributed by atoms with E-state index in [9.17, 15) is 10.1 Å². The van der Waals surface area contributed by atoms with E-state index < -0.39 is 0 Å². The fourth-order valence-corrected chi connectivity index (χ4v) is 4.80. The van der Waals surface area contributed by atoms with Crippen LogP contribution in [0.25, 0.3) is 10.8 Å². The van der Waals surface area contributed by atoms with Gasteiger partial charge in [0.05, 0.1) is 11.0 Å². The Bertz CT molecular complexity index is 1100. The lowest BCUT2D eigenvalue weighted by Gasteiger charge is -2.38. The van der Waals surface area contributed by atoms with Crippen molar-refractivity contribution in [3.8, 4) is 0 Å². The minimum Gasteiger partial charge on any atom is -0.377 e. The summed E-state index contributed by atoms with van der Waals surface area (Å²) in [5.74, 6) is 0.577. The van der Waals surface area contributed by atoms with Crippen LogP contribution in [0.4, 0.5) is 11.4 Å². The Labute approximate surface area is 157 Å². The van der Waals surface area contributed by atoms with Gasteiger partial charge in [-0.3, -0.25) is 10.1 Å². The van der Waals surface area contributed by atoms with Crippen molar-refractivity contribution < 1.29 is 4.92 Å². The van der Waals surface area contributed by atoms with Gasteiger partial charge in [0.15, 0.2) is 0 Å². The summed E-state index contributed by atoms with van der Waals surface area (Å²) in [4.78, 5) is 11.0. The van der Waals surface area contributed by atoms with E-state index in [1.807, 2.05) is 6.92 Å². The lowest BCUT2D eigenvalue weighted by Crippen LogP contribution is -2.29. The van der Waals surface area contributed by atoms with E-state index in [1.165, 1.54) is 16.3 Å². The highest BCUT2D eigenvalue weighted by molar-refractivity contribution is 5.87. The summed E-state index contributed by atoms with van der Waals surface area (Å²) >= 11 is 0. The summed E-state index contributed by atoms with van der Waals surface area (Å²) in [5, 5.41) is 17.6. The van der Waals surface area contributed by atoms with Gasteiger partial charge in [-0.1, -0.05) is 54.6 Å². The van der Waals surface area contributed by atoms with Gasteiger partial charge in [-0.2, -0.15) is 0 Å². The molecule has 0 fully saturated rings. The number of anilines is 1. The van der Waals surface area contributed by atoms with Crippen molar-refractivity contribution in [1.29, 1.82) is 0 Å². The summed E-state index contributed by atoms with van der Waals surface area (Å²) in [7, 11) is 0. The molecule has 3 aromatic carbocycles. The molecule has 134 valence electrons. The van der Waals surface area contributed by atoms with Crippen LogP contribution in [-0.4, -0.2) is 4.92 Å². The second kappa shape index (κ2) is 5.95. The van der Waals surface area contributed by atoms with E-state index in [0.717, 1.165) is 23.2 Å². The maximum atomic E-state index is 11.3. The average Bonchev–Trinajstić information content (AvgIpc) is 3.17. The number of nitro groups is 1. The standard InChI is InChI=1S/C23H20N2O2/c1-14-12-16(25(26)27)13-21-18-9-5-11-20(18)23(24-22(14)21)19-10-4-7-15-6-2-3-8-17(15)19/h2-10,12-13,18,20,23-24H,11H2,1H3/t18-,20-,23+/m0/s1. The highest BCUT2D eigenvalue weighted by atomic mass is 16.6. The van der Waals surface area contributed by atoms with E-state index in [1.54, 1.807) is 12.1 Å². The lowest BCUT2D eigenvalue weighted by molar-refractivity contribution is -0.385. The molecule has 1 N–H and O–H groups in total. The maximum absolute atomic E-state index is 11.3. The fraction of sp³-hybridized carbons (Fsp3) is 0.217. The molecule has 27 heavy (non-hydrogen) atoms. The van der Waals surface area contributed by atoms with E-state index in [-0.39, 0.29) is 22.6 Å². The van der Waals surface area contributed by atoms with Gasteiger partial charge in [-0.05, 0) is 46.7 Å². The number of aryl methyl sites for hydroxylation is 1. The highest BCUT2D eigenvalue weighted by Gasteiger charge is 2.39. The molecule has 2 aliphatic rings. The van der Waals surface area contributed by atoms with Crippen LogP contribution in [0.2, 0.25) is 0 Å². The normalized spacial score (nSPS) is 22.9. The Kier molecular flexibility index (Phi) is 3.54. The molecule has 3 aromatic rings. The van der Waals surface area contributed by atoms with Gasteiger partial charge >= 0.3 is 0 Å². The van der Waals surface area contributed by atoms with E-state index in [4.69, 9.17) is 0 Å². The average molecular weight is 356 g/mol. The molecule has 1 aliphatic heterocycles. The Morgan fingerprint density at radius 2 is 1.89 bits per heavy atom. The van der Waals surface area contributed by atoms with Gasteiger partial charge in [-0.15, -0.1) is 0 Å². The molecular formula is C23H20N2O2. The third kappa shape index (κ3) is 2.44. The molecule has 0 amide bonds. The first-order chi connectivity index (χ1) is 13.1. The van der Waals surface area contributed by atoms with Crippen molar-refractivity contribution in [1.82, 2.24) is 0 Å². The predicted octanol–water partition coefficient (Wildman–Crippen LogP) is 5.88. The van der Waals surface area contributed by atoms with Crippen molar-refractivity contribution in [2.45, 2.75) is 25.3 Å². The largest absolute Gasteiger partial charge is 0.377 e. The molecular weight excluding hydrogens is 336 g/mol. The van der Waals surface area contributed by atoms with Crippen LogP contribution in [0.15, 0.2) is 66.7 Å². The number of rotatable bonds is 2. The molecule has 0 radical (unpaired) electrons. The number of nitrogens with zero attached hydrogens (tertiary/aromatic N) is 1. The van der Waals surface area contributed by atoms with Gasteiger partial charge in [-0.25, -0.2) is 0 Å². The zero-order valence-electron chi connectivity index (χ0n) is 15.1. The monoisotopic (exact) mass is 356 g/mol. The van der Waals surface area contributed by atoms with Crippen molar-refractivity contribution in [2.24, 2.45) is 5.92 Å². The van der Waals surface area contributed by atoms with E-state index in [0.29, 0.717) is 5.92 Å². The van der Waals surface area contributed by atoms with Gasteiger partial charge in [0.25, 0.3) is 5.69 Å². The number of allylic oxidation sites excluding steroid dienone is 2. The number of hydrogen-bond acceptors (Lipinski definition) is 3. The Hall–Kier alpha value is -3.14. The number of benzene rings is 3. The molecule has 0 aromatic heterocycles. The number of non-ortho nitro benzene ring substituents is 1. The summed E-state index contributed by atoms with van der Waals surface area (Å²) in [6.45, 7) is 1.96. The second-order valence-corrected chi connectivity index (χ2v) is 7.53. The van der Waals surface area contributed by atoms with Gasteiger partial charge in [0.1, 0.15) is 0 Å². The van der Waals surface area contributed by atoms with Crippen molar-refractivity contribution in [3.05, 3.63) is 93.6 Å². The number of nitrogens with one attached hydrogen (secondary N) is 1. The molecule has 4 nitrogen and oxygen atoms in total. The van der Waals surface area contributed by atoms with Crippen LogP contribution in [0.3, 0.4) is 0 Å². The van der Waals surface area contributed by atoms with Gasteiger partial charge in [0.2, 0.25) is 0 Å². The Morgan fingerprint density at radius 1 is 1.07 bits per heavy atom. The first kappa shape index (κ1) is 16.1. The summed E-state index contributed by atoms with van der Waals surface area (Å²) in [6, 6.07) is 18.6. The summed E-state index contributed by atoms with van der Waals surface area (Å²) < 4.78 is 0. The Balaban J connectivity index is 1.68. The molecule has 1 aliphatic carbocycles. The lowest BCUT2D eigenvalue weighted by atomic mass is 9.75. The third-order valence-corrected chi connectivity index (χ3v) is 6.02. The first-order valence-electron chi connectivity index (χ1n) is 9.33. The summed E-state index contributed by atoms with van der Waals surface area (Å²) in [5.41, 5.74) is 4.51.